The lowest BCUT2D eigenvalue weighted by atomic mass is 10.3. The average molecular weight is 303 g/mol. The van der Waals surface area contributed by atoms with Gasteiger partial charge in [0.05, 0.1) is 13.4 Å². The monoisotopic (exact) mass is 303 g/mol. The molecule has 1 atom stereocenters. The molecule has 0 unspecified atom stereocenters. The number of hydrogen-bond donors (Lipinski definition) is 1. The number of ether oxygens (including phenoxy) is 2. The zero-order valence-electron chi connectivity index (χ0n) is 12.9. The van der Waals surface area contributed by atoms with Gasteiger partial charge >= 0.3 is 0 Å². The van der Waals surface area contributed by atoms with Crippen molar-refractivity contribution in [1.29, 1.82) is 0 Å². The number of carbonyl (C=O) groups is 1. The summed E-state index contributed by atoms with van der Waals surface area (Å²) < 4.78 is 12.6. The molecule has 2 aromatic rings. The van der Waals surface area contributed by atoms with Crippen LogP contribution < -0.4 is 14.8 Å². The Morgan fingerprint density at radius 3 is 2.68 bits per heavy atom. The number of carbonyl (C=O) groups excluding carboxylic acids is 1. The predicted molar refractivity (Wildman–Crippen MR) is 82.9 cm³/mol. The Balaban J connectivity index is 1.69. The van der Waals surface area contributed by atoms with Crippen LogP contribution in [0.15, 0.2) is 43.0 Å². The van der Waals surface area contributed by atoms with E-state index in [9.17, 15) is 4.79 Å². The number of methoxy groups -OCH3 is 1. The smallest absolute Gasteiger partial charge is 0.260 e. The van der Waals surface area contributed by atoms with Gasteiger partial charge in [0.25, 0.3) is 5.91 Å². The van der Waals surface area contributed by atoms with Gasteiger partial charge in [0.15, 0.2) is 6.10 Å². The van der Waals surface area contributed by atoms with Crippen LogP contribution in [0, 0.1) is 0 Å². The Hall–Kier alpha value is -2.50. The Morgan fingerprint density at radius 2 is 2.05 bits per heavy atom. The summed E-state index contributed by atoms with van der Waals surface area (Å²) in [4.78, 5) is 15.9. The molecule has 0 aliphatic rings. The van der Waals surface area contributed by atoms with Crippen molar-refractivity contribution in [3.8, 4) is 11.5 Å². The Bertz CT molecular complexity index is 567. The minimum absolute atomic E-state index is 0.124. The first-order chi connectivity index (χ1) is 10.7. The van der Waals surface area contributed by atoms with E-state index in [4.69, 9.17) is 9.47 Å². The molecule has 22 heavy (non-hydrogen) atoms. The molecule has 1 amide bonds. The predicted octanol–water partition coefficient (Wildman–Crippen LogP) is 1.87. The van der Waals surface area contributed by atoms with Gasteiger partial charge in [-0.05, 0) is 37.6 Å². The minimum atomic E-state index is -0.540. The molecular formula is C16H21N3O3. The summed E-state index contributed by atoms with van der Waals surface area (Å²) in [6.45, 7) is 3.16. The number of nitrogens with one attached hydrogen (secondary N) is 1. The van der Waals surface area contributed by atoms with Crippen LogP contribution >= 0.6 is 0 Å². The Kier molecular flexibility index (Phi) is 5.82. The van der Waals surface area contributed by atoms with Crippen molar-refractivity contribution in [2.75, 3.05) is 13.7 Å². The van der Waals surface area contributed by atoms with Crippen LogP contribution in [0.3, 0.4) is 0 Å². The van der Waals surface area contributed by atoms with E-state index in [1.54, 1.807) is 50.8 Å². The van der Waals surface area contributed by atoms with E-state index in [0.29, 0.717) is 12.3 Å². The summed E-state index contributed by atoms with van der Waals surface area (Å²) in [5.74, 6) is 1.27. The van der Waals surface area contributed by atoms with Crippen LogP contribution in [0.5, 0.6) is 11.5 Å². The van der Waals surface area contributed by atoms with Crippen molar-refractivity contribution in [2.24, 2.45) is 0 Å². The summed E-state index contributed by atoms with van der Waals surface area (Å²) in [6.07, 6.45) is 5.71. The van der Waals surface area contributed by atoms with E-state index in [0.717, 1.165) is 18.7 Å². The fourth-order valence-electron chi connectivity index (χ4n) is 1.95. The van der Waals surface area contributed by atoms with Gasteiger partial charge in [0, 0.05) is 25.5 Å². The second-order valence-corrected chi connectivity index (χ2v) is 4.88. The van der Waals surface area contributed by atoms with Gasteiger partial charge in [-0.25, -0.2) is 4.98 Å². The van der Waals surface area contributed by atoms with Crippen molar-refractivity contribution in [1.82, 2.24) is 14.9 Å². The van der Waals surface area contributed by atoms with Gasteiger partial charge in [0.2, 0.25) is 0 Å². The molecule has 0 fully saturated rings. The summed E-state index contributed by atoms with van der Waals surface area (Å²) in [5, 5.41) is 2.87. The lowest BCUT2D eigenvalue weighted by Gasteiger charge is -2.15. The maximum Gasteiger partial charge on any atom is 0.260 e. The number of nitrogens with zero attached hydrogens (tertiary/aromatic N) is 2. The first-order valence-corrected chi connectivity index (χ1v) is 7.23. The Morgan fingerprint density at radius 1 is 1.32 bits per heavy atom. The molecule has 0 radical (unpaired) electrons. The third kappa shape index (κ3) is 4.80. The normalized spacial score (nSPS) is 11.7. The maximum absolute atomic E-state index is 12.0. The zero-order chi connectivity index (χ0) is 15.8. The fraction of sp³-hybridized carbons (Fsp3) is 0.375. The van der Waals surface area contributed by atoms with Crippen LogP contribution in [0.1, 0.15) is 13.3 Å². The summed E-state index contributed by atoms with van der Waals surface area (Å²) in [7, 11) is 1.61. The molecule has 0 saturated carbocycles. The van der Waals surface area contributed by atoms with E-state index in [-0.39, 0.29) is 5.91 Å². The number of hydrogen-bond acceptors (Lipinski definition) is 4. The van der Waals surface area contributed by atoms with Crippen LogP contribution in [-0.2, 0) is 11.3 Å². The molecular weight excluding hydrogens is 282 g/mol. The highest BCUT2D eigenvalue weighted by Gasteiger charge is 2.13. The third-order valence-corrected chi connectivity index (χ3v) is 3.19. The molecule has 0 bridgehead atoms. The molecule has 1 heterocycles. The van der Waals surface area contributed by atoms with Gasteiger partial charge < -0.3 is 19.4 Å². The SMILES string of the molecule is COc1ccc(O[C@@H](C)C(=O)NCCCn2ccnc2)cc1. The zero-order valence-corrected chi connectivity index (χ0v) is 12.9. The number of benzene rings is 1. The molecule has 1 aromatic heterocycles. The number of rotatable bonds is 8. The molecule has 118 valence electrons. The molecule has 0 saturated heterocycles. The van der Waals surface area contributed by atoms with Gasteiger partial charge in [0.1, 0.15) is 11.5 Å². The van der Waals surface area contributed by atoms with Gasteiger partial charge in [-0.15, -0.1) is 0 Å². The minimum Gasteiger partial charge on any atom is -0.497 e. The fourth-order valence-corrected chi connectivity index (χ4v) is 1.95. The summed E-state index contributed by atoms with van der Waals surface area (Å²) in [5.41, 5.74) is 0. The Labute approximate surface area is 130 Å². The van der Waals surface area contributed by atoms with Gasteiger partial charge in [-0.2, -0.15) is 0 Å². The number of aryl methyl sites for hydroxylation is 1. The second-order valence-electron chi connectivity index (χ2n) is 4.88. The topological polar surface area (TPSA) is 65.4 Å². The molecule has 0 aliphatic carbocycles. The standard InChI is InChI=1S/C16H21N3O3/c1-13(22-15-6-4-14(21-2)5-7-15)16(20)18-8-3-10-19-11-9-17-12-19/h4-7,9,11-13H,3,8,10H2,1-2H3,(H,18,20)/t13-/m0/s1. The quantitative estimate of drug-likeness (QED) is 0.756. The van der Waals surface area contributed by atoms with E-state index in [1.807, 2.05) is 10.8 Å². The van der Waals surface area contributed by atoms with Crippen LogP contribution in [-0.4, -0.2) is 35.2 Å². The highest BCUT2D eigenvalue weighted by atomic mass is 16.5. The van der Waals surface area contributed by atoms with Crippen molar-refractivity contribution in [3.05, 3.63) is 43.0 Å². The first kappa shape index (κ1) is 15.9. The van der Waals surface area contributed by atoms with Crippen molar-refractivity contribution in [3.63, 3.8) is 0 Å². The molecule has 0 spiro atoms. The van der Waals surface area contributed by atoms with Crippen molar-refractivity contribution in [2.45, 2.75) is 26.0 Å². The number of aromatic nitrogens is 2. The highest BCUT2D eigenvalue weighted by molar-refractivity contribution is 5.80. The lowest BCUT2D eigenvalue weighted by Crippen LogP contribution is -2.37. The third-order valence-electron chi connectivity index (χ3n) is 3.19. The van der Waals surface area contributed by atoms with Crippen molar-refractivity contribution < 1.29 is 14.3 Å². The van der Waals surface area contributed by atoms with Crippen LogP contribution in [0.2, 0.25) is 0 Å². The van der Waals surface area contributed by atoms with E-state index in [2.05, 4.69) is 10.3 Å². The number of imidazole rings is 1. The molecule has 1 N–H and O–H groups in total. The number of amides is 1. The summed E-state index contributed by atoms with van der Waals surface area (Å²) in [6, 6.07) is 7.15. The highest BCUT2D eigenvalue weighted by Crippen LogP contribution is 2.18. The largest absolute Gasteiger partial charge is 0.497 e. The average Bonchev–Trinajstić information content (AvgIpc) is 3.05. The molecule has 2 rings (SSSR count). The van der Waals surface area contributed by atoms with E-state index in [1.165, 1.54) is 0 Å². The van der Waals surface area contributed by atoms with Crippen molar-refractivity contribution >= 4 is 5.91 Å². The molecule has 0 aliphatic heterocycles. The van der Waals surface area contributed by atoms with Gasteiger partial charge in [-0.3, -0.25) is 4.79 Å². The maximum atomic E-state index is 12.0. The second kappa shape index (κ2) is 8.07. The van der Waals surface area contributed by atoms with Crippen LogP contribution in [0.25, 0.3) is 0 Å². The molecule has 6 nitrogen and oxygen atoms in total. The van der Waals surface area contributed by atoms with E-state index < -0.39 is 6.10 Å². The molecule has 1 aromatic carbocycles. The first-order valence-electron chi connectivity index (χ1n) is 7.23. The lowest BCUT2D eigenvalue weighted by molar-refractivity contribution is -0.127. The van der Waals surface area contributed by atoms with Crippen LogP contribution in [0.4, 0.5) is 0 Å². The van der Waals surface area contributed by atoms with E-state index >= 15 is 0 Å². The summed E-state index contributed by atoms with van der Waals surface area (Å²) >= 11 is 0. The molecule has 6 heteroatoms. The van der Waals surface area contributed by atoms with Gasteiger partial charge in [-0.1, -0.05) is 0 Å².